The normalized spacial score (nSPS) is 12.3. The Labute approximate surface area is 165 Å². The fraction of sp³-hybridized carbons (Fsp3) is 0.348. The van der Waals surface area contributed by atoms with Gasteiger partial charge in [0.05, 0.1) is 16.9 Å². The smallest absolute Gasteiger partial charge is 0.261 e. The maximum absolute atomic E-state index is 12.7. The van der Waals surface area contributed by atoms with Gasteiger partial charge in [0, 0.05) is 0 Å². The second-order valence-electron chi connectivity index (χ2n) is 7.70. The molecule has 0 bridgehead atoms. The highest BCUT2D eigenvalue weighted by molar-refractivity contribution is 5.79. The van der Waals surface area contributed by atoms with E-state index < -0.39 is 0 Å². The van der Waals surface area contributed by atoms with Crippen LogP contribution in [0.4, 0.5) is 0 Å². The van der Waals surface area contributed by atoms with E-state index in [9.17, 15) is 9.59 Å². The quantitative estimate of drug-likeness (QED) is 0.711. The molecule has 1 heterocycles. The number of amides is 1. The lowest BCUT2D eigenvalue weighted by atomic mass is 10.00. The second kappa shape index (κ2) is 8.38. The first kappa shape index (κ1) is 19.8. The predicted octanol–water partition coefficient (Wildman–Crippen LogP) is 3.78. The molecule has 5 heteroatoms. The molecule has 28 heavy (non-hydrogen) atoms. The van der Waals surface area contributed by atoms with E-state index in [2.05, 4.69) is 48.4 Å². The van der Waals surface area contributed by atoms with Crippen molar-refractivity contribution >= 4 is 16.8 Å². The summed E-state index contributed by atoms with van der Waals surface area (Å²) < 4.78 is 1.43. The van der Waals surface area contributed by atoms with E-state index in [1.807, 2.05) is 13.0 Å². The van der Waals surface area contributed by atoms with Crippen molar-refractivity contribution in [3.05, 3.63) is 75.8 Å². The van der Waals surface area contributed by atoms with Crippen molar-refractivity contribution in [1.29, 1.82) is 0 Å². The fourth-order valence-corrected chi connectivity index (χ4v) is 3.39. The first-order valence-corrected chi connectivity index (χ1v) is 9.69. The number of benzene rings is 2. The molecule has 3 rings (SSSR count). The Bertz CT molecular complexity index is 1040. The van der Waals surface area contributed by atoms with Gasteiger partial charge in [0.25, 0.3) is 5.56 Å². The number of carbonyl (C=O) groups is 1. The number of carbonyl (C=O) groups excluding carboxylic acids is 1. The minimum absolute atomic E-state index is 0.0434. The van der Waals surface area contributed by atoms with Crippen LogP contribution in [0.15, 0.2) is 53.3 Å². The van der Waals surface area contributed by atoms with Crippen LogP contribution in [-0.2, 0) is 17.8 Å². The van der Waals surface area contributed by atoms with Gasteiger partial charge < -0.3 is 5.32 Å². The van der Waals surface area contributed by atoms with Crippen LogP contribution in [0.1, 0.15) is 43.8 Å². The van der Waals surface area contributed by atoms with Gasteiger partial charge in [0.2, 0.25) is 5.91 Å². The van der Waals surface area contributed by atoms with Crippen LogP contribution < -0.4 is 10.9 Å². The molecule has 0 aliphatic rings. The van der Waals surface area contributed by atoms with E-state index in [0.29, 0.717) is 22.6 Å². The third kappa shape index (κ3) is 4.47. The van der Waals surface area contributed by atoms with Crippen molar-refractivity contribution in [2.45, 2.75) is 46.7 Å². The monoisotopic (exact) mass is 377 g/mol. The molecule has 2 aromatic carbocycles. The average molecular weight is 377 g/mol. The van der Waals surface area contributed by atoms with Crippen LogP contribution in [-0.4, -0.2) is 15.5 Å². The van der Waals surface area contributed by atoms with E-state index in [1.165, 1.54) is 10.1 Å². The van der Waals surface area contributed by atoms with E-state index in [1.54, 1.807) is 25.1 Å². The van der Waals surface area contributed by atoms with Gasteiger partial charge in [-0.05, 0) is 49.4 Å². The highest BCUT2D eigenvalue weighted by Crippen LogP contribution is 2.15. The fourth-order valence-electron chi connectivity index (χ4n) is 3.39. The Morgan fingerprint density at radius 1 is 1.07 bits per heavy atom. The molecule has 0 saturated carbocycles. The third-order valence-electron chi connectivity index (χ3n) is 4.86. The van der Waals surface area contributed by atoms with Gasteiger partial charge in [0.15, 0.2) is 0 Å². The molecular weight excluding hydrogens is 350 g/mol. The SMILES string of the molecule is Cc1nc2ccccc2c(=O)n1CC(=O)N[C@H](C)c1ccc(CC(C)C)cc1. The van der Waals surface area contributed by atoms with E-state index in [4.69, 9.17) is 0 Å². The summed E-state index contributed by atoms with van der Waals surface area (Å²) in [5.41, 5.74) is 2.80. The number of para-hydroxylation sites is 1. The van der Waals surface area contributed by atoms with Crippen LogP contribution in [0.5, 0.6) is 0 Å². The summed E-state index contributed by atoms with van der Waals surface area (Å²) in [6.45, 7) is 8.05. The molecule has 1 atom stereocenters. The van der Waals surface area contributed by atoms with Gasteiger partial charge in [-0.15, -0.1) is 0 Å². The van der Waals surface area contributed by atoms with Gasteiger partial charge in [-0.3, -0.25) is 14.2 Å². The Balaban J connectivity index is 1.72. The molecule has 0 unspecified atom stereocenters. The number of nitrogens with zero attached hydrogens (tertiary/aromatic N) is 2. The summed E-state index contributed by atoms with van der Waals surface area (Å²) in [5.74, 6) is 0.936. The molecule has 0 saturated heterocycles. The van der Waals surface area contributed by atoms with E-state index in [-0.39, 0.29) is 24.1 Å². The standard InChI is InChI=1S/C23H27N3O2/c1-15(2)13-18-9-11-19(12-10-18)16(3)24-22(27)14-26-17(4)25-21-8-6-5-7-20(21)23(26)28/h5-12,15-16H,13-14H2,1-4H3,(H,24,27)/t16-/m1/s1. The summed E-state index contributed by atoms with van der Waals surface area (Å²) in [7, 11) is 0. The second-order valence-corrected chi connectivity index (χ2v) is 7.70. The topological polar surface area (TPSA) is 64.0 Å². The summed E-state index contributed by atoms with van der Waals surface area (Å²) in [6.07, 6.45) is 1.04. The van der Waals surface area contributed by atoms with Gasteiger partial charge in [-0.1, -0.05) is 50.2 Å². The van der Waals surface area contributed by atoms with Crippen LogP contribution in [0.3, 0.4) is 0 Å². The lowest BCUT2D eigenvalue weighted by molar-refractivity contribution is -0.122. The first-order chi connectivity index (χ1) is 13.3. The van der Waals surface area contributed by atoms with Crippen LogP contribution in [0.25, 0.3) is 10.9 Å². The van der Waals surface area contributed by atoms with Crippen molar-refractivity contribution in [3.8, 4) is 0 Å². The molecule has 1 aromatic heterocycles. The highest BCUT2D eigenvalue weighted by atomic mass is 16.2. The van der Waals surface area contributed by atoms with Gasteiger partial charge >= 0.3 is 0 Å². The molecule has 1 N–H and O–H groups in total. The average Bonchev–Trinajstić information content (AvgIpc) is 2.65. The number of aromatic nitrogens is 2. The highest BCUT2D eigenvalue weighted by Gasteiger charge is 2.14. The van der Waals surface area contributed by atoms with Crippen LogP contribution >= 0.6 is 0 Å². The minimum atomic E-state index is -0.207. The predicted molar refractivity (Wildman–Crippen MR) is 112 cm³/mol. The van der Waals surface area contributed by atoms with E-state index >= 15 is 0 Å². The molecule has 3 aromatic rings. The summed E-state index contributed by atoms with van der Waals surface area (Å²) in [4.78, 5) is 29.7. The zero-order valence-corrected chi connectivity index (χ0v) is 16.9. The maximum atomic E-state index is 12.7. The van der Waals surface area contributed by atoms with Gasteiger partial charge in [-0.25, -0.2) is 4.98 Å². The Hall–Kier alpha value is -2.95. The summed E-state index contributed by atoms with van der Waals surface area (Å²) in [6, 6.07) is 15.4. The maximum Gasteiger partial charge on any atom is 0.261 e. The molecule has 5 nitrogen and oxygen atoms in total. The van der Waals surface area contributed by atoms with Crippen molar-refractivity contribution in [1.82, 2.24) is 14.9 Å². The largest absolute Gasteiger partial charge is 0.348 e. The summed E-state index contributed by atoms with van der Waals surface area (Å²) in [5, 5.41) is 3.50. The molecular formula is C23H27N3O2. The van der Waals surface area contributed by atoms with Gasteiger partial charge in [0.1, 0.15) is 12.4 Å². The van der Waals surface area contributed by atoms with Gasteiger partial charge in [-0.2, -0.15) is 0 Å². The Morgan fingerprint density at radius 3 is 2.43 bits per heavy atom. The van der Waals surface area contributed by atoms with Crippen LogP contribution in [0.2, 0.25) is 0 Å². The number of aryl methyl sites for hydroxylation is 1. The zero-order valence-electron chi connectivity index (χ0n) is 16.9. The minimum Gasteiger partial charge on any atom is -0.348 e. The summed E-state index contributed by atoms with van der Waals surface area (Å²) >= 11 is 0. The van der Waals surface area contributed by atoms with Crippen molar-refractivity contribution in [3.63, 3.8) is 0 Å². The number of rotatable bonds is 6. The Kier molecular flexibility index (Phi) is 5.93. The Morgan fingerprint density at radius 2 is 1.75 bits per heavy atom. The molecule has 0 aliphatic carbocycles. The molecule has 0 fully saturated rings. The van der Waals surface area contributed by atoms with E-state index in [0.717, 1.165) is 12.0 Å². The molecule has 0 radical (unpaired) electrons. The number of hydrogen-bond donors (Lipinski definition) is 1. The first-order valence-electron chi connectivity index (χ1n) is 9.69. The molecule has 0 spiro atoms. The lowest BCUT2D eigenvalue weighted by Gasteiger charge is -2.17. The zero-order chi connectivity index (χ0) is 20.3. The molecule has 0 aliphatic heterocycles. The molecule has 1 amide bonds. The third-order valence-corrected chi connectivity index (χ3v) is 4.86. The number of fused-ring (bicyclic) bond motifs is 1. The lowest BCUT2D eigenvalue weighted by Crippen LogP contribution is -2.35. The van der Waals surface area contributed by atoms with Crippen LogP contribution in [0, 0.1) is 12.8 Å². The number of nitrogens with one attached hydrogen (secondary N) is 1. The number of hydrogen-bond acceptors (Lipinski definition) is 3. The van der Waals surface area contributed by atoms with Crippen molar-refractivity contribution < 1.29 is 4.79 Å². The van der Waals surface area contributed by atoms with Crippen molar-refractivity contribution in [2.24, 2.45) is 5.92 Å². The molecule has 146 valence electrons. The van der Waals surface area contributed by atoms with Crippen molar-refractivity contribution in [2.75, 3.05) is 0 Å².